The molecule has 0 saturated carbocycles. The van der Waals surface area contributed by atoms with Crippen molar-refractivity contribution in [2.24, 2.45) is 0 Å². The maximum atomic E-state index is 12.8. The third kappa shape index (κ3) is 4.35. The van der Waals surface area contributed by atoms with Crippen LogP contribution in [0, 0.1) is 0 Å². The quantitative estimate of drug-likeness (QED) is 0.458. The molecule has 2 N–H and O–H groups in total. The van der Waals surface area contributed by atoms with Crippen LogP contribution in [0.1, 0.15) is 20.0 Å². The zero-order valence-corrected chi connectivity index (χ0v) is 15.5. The summed E-state index contributed by atoms with van der Waals surface area (Å²) in [7, 11) is 0. The highest BCUT2D eigenvalue weighted by Gasteiger charge is 2.24. The van der Waals surface area contributed by atoms with Crippen LogP contribution in [0.3, 0.4) is 0 Å². The highest BCUT2D eigenvalue weighted by molar-refractivity contribution is 9.10. The number of amides is 1. The Balaban J connectivity index is 1.85. The van der Waals surface area contributed by atoms with Crippen LogP contribution in [0.2, 0.25) is 0 Å². The Kier molecular flexibility index (Phi) is 5.63. The number of para-hydroxylation sites is 1. The van der Waals surface area contributed by atoms with Gasteiger partial charge in [-0.25, -0.2) is 0 Å². The van der Waals surface area contributed by atoms with Gasteiger partial charge in [-0.2, -0.15) is 0 Å². The fraction of sp³-hybridized carbons (Fsp3) is 0.0526. The number of carbonyl (C=O) groups is 2. The first-order chi connectivity index (χ1) is 12.1. The number of thiophene rings is 1. The molecule has 1 aromatic heterocycles. The number of anilines is 1. The molecule has 3 aromatic rings. The van der Waals surface area contributed by atoms with Gasteiger partial charge in [-0.05, 0) is 51.6 Å². The van der Waals surface area contributed by atoms with E-state index in [0.717, 1.165) is 10.2 Å². The fourth-order valence-electron chi connectivity index (χ4n) is 2.27. The molecule has 0 saturated heterocycles. The van der Waals surface area contributed by atoms with Crippen LogP contribution in [0.4, 0.5) is 5.69 Å². The first kappa shape index (κ1) is 17.4. The van der Waals surface area contributed by atoms with Crippen molar-refractivity contribution in [2.75, 3.05) is 5.32 Å². The molecule has 2 aromatic carbocycles. The molecule has 4 nitrogen and oxygen atoms in total. The van der Waals surface area contributed by atoms with Gasteiger partial charge in [0.2, 0.25) is 5.78 Å². The van der Waals surface area contributed by atoms with Crippen LogP contribution in [0.5, 0.6) is 0 Å². The summed E-state index contributed by atoms with van der Waals surface area (Å²) in [5, 5.41) is 7.73. The van der Waals surface area contributed by atoms with Gasteiger partial charge in [-0.15, -0.1) is 11.3 Å². The minimum Gasteiger partial charge on any atom is -0.358 e. The molecule has 0 spiro atoms. The van der Waals surface area contributed by atoms with Gasteiger partial charge in [0.05, 0.1) is 10.6 Å². The number of Topliss-reactive ketones (excluding diaryl/α,β-unsaturated/α-hetero) is 1. The summed E-state index contributed by atoms with van der Waals surface area (Å²) < 4.78 is 0.813. The molecule has 0 bridgehead atoms. The molecule has 1 heterocycles. The second-order valence-corrected chi connectivity index (χ2v) is 7.04. The summed E-state index contributed by atoms with van der Waals surface area (Å²) in [6.45, 7) is 0. The standard InChI is InChI=1S/C19H15BrN2O2S/c20-14-9-4-5-10-15(14)21-18(17(23)16-11-6-12-25-16)22-19(24)13-7-2-1-3-8-13/h1-12,18,21H,(H,22,24)/t18-/m0/s1. The fourth-order valence-corrected chi connectivity index (χ4v) is 3.36. The van der Waals surface area contributed by atoms with E-state index in [1.165, 1.54) is 11.3 Å². The van der Waals surface area contributed by atoms with E-state index in [4.69, 9.17) is 0 Å². The number of carbonyl (C=O) groups excluding carboxylic acids is 2. The normalized spacial score (nSPS) is 11.6. The van der Waals surface area contributed by atoms with Crippen molar-refractivity contribution < 1.29 is 9.59 Å². The van der Waals surface area contributed by atoms with E-state index in [-0.39, 0.29) is 11.7 Å². The highest BCUT2D eigenvalue weighted by atomic mass is 79.9. The van der Waals surface area contributed by atoms with E-state index in [1.807, 2.05) is 41.8 Å². The first-order valence-corrected chi connectivity index (χ1v) is 9.27. The summed E-state index contributed by atoms with van der Waals surface area (Å²) in [5.74, 6) is -0.495. The van der Waals surface area contributed by atoms with Gasteiger partial charge in [0, 0.05) is 10.0 Å². The molecule has 0 unspecified atom stereocenters. The topological polar surface area (TPSA) is 58.2 Å². The highest BCUT2D eigenvalue weighted by Crippen LogP contribution is 2.23. The lowest BCUT2D eigenvalue weighted by Crippen LogP contribution is -2.46. The monoisotopic (exact) mass is 414 g/mol. The van der Waals surface area contributed by atoms with Crippen molar-refractivity contribution in [1.29, 1.82) is 0 Å². The number of rotatable bonds is 6. The van der Waals surface area contributed by atoms with Crippen LogP contribution in [-0.2, 0) is 0 Å². The predicted molar refractivity (Wildman–Crippen MR) is 104 cm³/mol. The molecule has 0 radical (unpaired) electrons. The second kappa shape index (κ2) is 8.09. The molecular weight excluding hydrogens is 400 g/mol. The number of benzene rings is 2. The Morgan fingerprint density at radius 1 is 0.920 bits per heavy atom. The Morgan fingerprint density at radius 2 is 1.64 bits per heavy atom. The van der Waals surface area contributed by atoms with Gasteiger partial charge in [0.15, 0.2) is 6.17 Å². The number of hydrogen-bond donors (Lipinski definition) is 2. The average Bonchev–Trinajstić information content (AvgIpc) is 3.17. The van der Waals surface area contributed by atoms with Gasteiger partial charge in [-0.3, -0.25) is 9.59 Å². The summed E-state index contributed by atoms with van der Waals surface area (Å²) >= 11 is 4.79. The molecule has 0 aliphatic heterocycles. The van der Waals surface area contributed by atoms with E-state index < -0.39 is 6.17 Å². The molecular formula is C19H15BrN2O2S. The van der Waals surface area contributed by atoms with E-state index in [9.17, 15) is 9.59 Å². The Hall–Kier alpha value is -2.44. The Morgan fingerprint density at radius 3 is 2.32 bits per heavy atom. The molecule has 6 heteroatoms. The summed E-state index contributed by atoms with van der Waals surface area (Å²) in [5.41, 5.74) is 1.23. The van der Waals surface area contributed by atoms with Crippen LogP contribution in [0.15, 0.2) is 76.6 Å². The molecule has 1 amide bonds. The number of halogens is 1. The maximum absolute atomic E-state index is 12.8. The number of hydrogen-bond acceptors (Lipinski definition) is 4. The third-order valence-corrected chi connectivity index (χ3v) is 5.09. The van der Waals surface area contributed by atoms with Gasteiger partial charge < -0.3 is 10.6 Å². The second-order valence-electron chi connectivity index (χ2n) is 5.24. The van der Waals surface area contributed by atoms with Crippen LogP contribution < -0.4 is 10.6 Å². The SMILES string of the molecule is O=C(N[C@H](Nc1ccccc1Br)C(=O)c1cccs1)c1ccccc1. The van der Waals surface area contributed by atoms with E-state index in [0.29, 0.717) is 10.4 Å². The van der Waals surface area contributed by atoms with E-state index >= 15 is 0 Å². The van der Waals surface area contributed by atoms with Gasteiger partial charge in [-0.1, -0.05) is 36.4 Å². The van der Waals surface area contributed by atoms with Crippen molar-refractivity contribution >= 4 is 44.6 Å². The summed E-state index contributed by atoms with van der Waals surface area (Å²) in [6.07, 6.45) is -0.870. The first-order valence-electron chi connectivity index (χ1n) is 7.60. The largest absolute Gasteiger partial charge is 0.358 e. The molecule has 0 fully saturated rings. The lowest BCUT2D eigenvalue weighted by Gasteiger charge is -2.20. The van der Waals surface area contributed by atoms with E-state index in [1.54, 1.807) is 30.3 Å². The van der Waals surface area contributed by atoms with Crippen LogP contribution >= 0.6 is 27.3 Å². The summed E-state index contributed by atoms with van der Waals surface area (Å²) in [4.78, 5) is 25.9. The third-order valence-electron chi connectivity index (χ3n) is 3.51. The Bertz CT molecular complexity index is 866. The zero-order chi connectivity index (χ0) is 17.6. The molecule has 3 rings (SSSR count). The molecule has 1 atom stereocenters. The van der Waals surface area contributed by atoms with Gasteiger partial charge in [0.25, 0.3) is 5.91 Å². The summed E-state index contributed by atoms with van der Waals surface area (Å²) in [6, 6.07) is 19.8. The number of ketones is 1. The lowest BCUT2D eigenvalue weighted by molar-refractivity contribution is 0.0871. The minimum absolute atomic E-state index is 0.185. The van der Waals surface area contributed by atoms with Crippen molar-refractivity contribution in [2.45, 2.75) is 6.17 Å². The Labute approximate surface area is 158 Å². The molecule has 126 valence electrons. The molecule has 25 heavy (non-hydrogen) atoms. The minimum atomic E-state index is -0.870. The van der Waals surface area contributed by atoms with Crippen LogP contribution in [-0.4, -0.2) is 17.9 Å². The van der Waals surface area contributed by atoms with Crippen LogP contribution in [0.25, 0.3) is 0 Å². The van der Waals surface area contributed by atoms with Crippen molar-refractivity contribution in [3.8, 4) is 0 Å². The van der Waals surface area contributed by atoms with Crippen molar-refractivity contribution in [3.63, 3.8) is 0 Å². The van der Waals surface area contributed by atoms with E-state index in [2.05, 4.69) is 26.6 Å². The maximum Gasteiger partial charge on any atom is 0.253 e. The molecule has 0 aliphatic carbocycles. The predicted octanol–water partition coefficient (Wildman–Crippen LogP) is 4.56. The van der Waals surface area contributed by atoms with Crippen molar-refractivity contribution in [1.82, 2.24) is 5.32 Å². The van der Waals surface area contributed by atoms with Crippen molar-refractivity contribution in [3.05, 3.63) is 87.0 Å². The average molecular weight is 415 g/mol. The lowest BCUT2D eigenvalue weighted by atomic mass is 10.2. The van der Waals surface area contributed by atoms with Gasteiger partial charge in [0.1, 0.15) is 0 Å². The molecule has 0 aliphatic rings. The number of nitrogens with one attached hydrogen (secondary N) is 2. The zero-order valence-electron chi connectivity index (χ0n) is 13.1. The van der Waals surface area contributed by atoms with Gasteiger partial charge >= 0.3 is 0 Å². The smallest absolute Gasteiger partial charge is 0.253 e.